The normalized spacial score (nSPS) is 10.6. The van der Waals surface area contributed by atoms with E-state index >= 15 is 0 Å². The van der Waals surface area contributed by atoms with Gasteiger partial charge in [-0.25, -0.2) is 0 Å². The van der Waals surface area contributed by atoms with Gasteiger partial charge in [0.1, 0.15) is 28.7 Å². The predicted octanol–water partition coefficient (Wildman–Crippen LogP) is 2.96. The van der Waals surface area contributed by atoms with E-state index in [-0.39, 0.29) is 0 Å². The summed E-state index contributed by atoms with van der Waals surface area (Å²) in [5.74, 6) is 2.74. The molecule has 118 valence electrons. The van der Waals surface area contributed by atoms with Crippen LogP contribution in [-0.2, 0) is 0 Å². The van der Waals surface area contributed by atoms with Gasteiger partial charge in [0.15, 0.2) is 5.82 Å². The first-order valence-corrected chi connectivity index (χ1v) is 7.22. The molecule has 0 atom stereocenters. The van der Waals surface area contributed by atoms with E-state index in [1.807, 2.05) is 48.7 Å². The maximum atomic E-state index is 5.50. The van der Waals surface area contributed by atoms with Crippen LogP contribution in [0.25, 0.3) is 17.2 Å². The lowest BCUT2D eigenvalue weighted by molar-refractivity contribution is 0.391. The van der Waals surface area contributed by atoms with Crippen molar-refractivity contribution in [2.45, 2.75) is 13.8 Å². The largest absolute Gasteiger partial charge is 0.494 e. The Bertz CT molecular complexity index is 820. The monoisotopic (exact) mass is 310 g/mol. The first-order chi connectivity index (χ1) is 11.2. The molecule has 3 rings (SSSR count). The Morgan fingerprint density at radius 1 is 0.957 bits per heavy atom. The van der Waals surface area contributed by atoms with Crippen LogP contribution in [0.4, 0.5) is 0 Å². The van der Waals surface area contributed by atoms with E-state index in [0.717, 1.165) is 22.8 Å². The Balaban J connectivity index is 2.29. The molecule has 2 heterocycles. The zero-order valence-corrected chi connectivity index (χ0v) is 13.6. The number of benzene rings is 1. The lowest BCUT2D eigenvalue weighted by Gasteiger charge is -2.16. The number of hydrogen-bond acceptors (Lipinski definition) is 5. The van der Waals surface area contributed by atoms with Gasteiger partial charge in [0, 0.05) is 6.20 Å². The molecule has 6 nitrogen and oxygen atoms in total. The van der Waals surface area contributed by atoms with E-state index in [1.54, 1.807) is 20.4 Å². The first kappa shape index (κ1) is 15.0. The standard InChI is InChI=1S/C17H18N4O2/c1-11-8-9-18-13(10-11)17-20-19-12(2)21(17)16-14(22-3)6-5-7-15(16)23-4/h5-10H,1-4H3. The molecule has 0 aliphatic rings. The average molecular weight is 310 g/mol. The lowest BCUT2D eigenvalue weighted by atomic mass is 10.2. The number of ether oxygens (including phenoxy) is 2. The fourth-order valence-electron chi connectivity index (χ4n) is 2.51. The second-order valence-electron chi connectivity index (χ2n) is 5.14. The number of aryl methyl sites for hydroxylation is 2. The van der Waals surface area contributed by atoms with Gasteiger partial charge in [0.25, 0.3) is 0 Å². The molecule has 23 heavy (non-hydrogen) atoms. The fraction of sp³-hybridized carbons (Fsp3) is 0.235. The molecule has 1 aromatic carbocycles. The Kier molecular flexibility index (Phi) is 3.97. The van der Waals surface area contributed by atoms with Crippen LogP contribution < -0.4 is 9.47 Å². The van der Waals surface area contributed by atoms with Crippen molar-refractivity contribution in [1.82, 2.24) is 19.7 Å². The zero-order chi connectivity index (χ0) is 16.4. The predicted molar refractivity (Wildman–Crippen MR) is 87.2 cm³/mol. The minimum atomic E-state index is 0.647. The molecule has 0 amide bonds. The number of methoxy groups -OCH3 is 2. The molecule has 3 aromatic rings. The van der Waals surface area contributed by atoms with Gasteiger partial charge < -0.3 is 9.47 Å². The summed E-state index contributed by atoms with van der Waals surface area (Å²) >= 11 is 0. The smallest absolute Gasteiger partial charge is 0.187 e. The van der Waals surface area contributed by atoms with E-state index in [1.165, 1.54) is 0 Å². The van der Waals surface area contributed by atoms with Gasteiger partial charge in [-0.2, -0.15) is 0 Å². The van der Waals surface area contributed by atoms with Crippen LogP contribution in [0.1, 0.15) is 11.4 Å². The number of pyridine rings is 1. The van der Waals surface area contributed by atoms with Gasteiger partial charge in [-0.1, -0.05) is 6.07 Å². The Labute approximate surface area is 134 Å². The third kappa shape index (κ3) is 2.63. The zero-order valence-electron chi connectivity index (χ0n) is 13.6. The van der Waals surface area contributed by atoms with E-state index < -0.39 is 0 Å². The SMILES string of the molecule is COc1cccc(OC)c1-n1c(C)nnc1-c1cc(C)ccn1. The summed E-state index contributed by atoms with van der Waals surface area (Å²) in [6, 6.07) is 9.56. The van der Waals surface area contributed by atoms with Crippen LogP contribution in [0.2, 0.25) is 0 Å². The first-order valence-electron chi connectivity index (χ1n) is 7.22. The highest BCUT2D eigenvalue weighted by atomic mass is 16.5. The van der Waals surface area contributed by atoms with Gasteiger partial charge in [0.2, 0.25) is 0 Å². The van der Waals surface area contributed by atoms with Crippen molar-refractivity contribution >= 4 is 0 Å². The molecule has 0 bridgehead atoms. The summed E-state index contributed by atoms with van der Waals surface area (Å²) in [7, 11) is 3.26. The van der Waals surface area contributed by atoms with Crippen molar-refractivity contribution in [1.29, 1.82) is 0 Å². The summed E-state index contributed by atoms with van der Waals surface area (Å²) in [6.45, 7) is 3.90. The van der Waals surface area contributed by atoms with Gasteiger partial charge in [0.05, 0.1) is 14.2 Å². The number of aromatic nitrogens is 4. The van der Waals surface area contributed by atoms with E-state index in [9.17, 15) is 0 Å². The van der Waals surface area contributed by atoms with Crippen molar-refractivity contribution < 1.29 is 9.47 Å². The maximum Gasteiger partial charge on any atom is 0.187 e. The summed E-state index contributed by atoms with van der Waals surface area (Å²) in [5, 5.41) is 8.51. The molecule has 0 saturated carbocycles. The molecule has 0 aliphatic heterocycles. The van der Waals surface area contributed by atoms with E-state index in [2.05, 4.69) is 15.2 Å². The van der Waals surface area contributed by atoms with Crippen LogP contribution in [0.5, 0.6) is 11.5 Å². The second kappa shape index (κ2) is 6.08. The van der Waals surface area contributed by atoms with Gasteiger partial charge in [-0.3, -0.25) is 9.55 Å². The summed E-state index contributed by atoms with van der Waals surface area (Å²) in [4.78, 5) is 4.42. The Morgan fingerprint density at radius 3 is 2.26 bits per heavy atom. The van der Waals surface area contributed by atoms with Crippen LogP contribution in [0, 0.1) is 13.8 Å². The molecule has 0 spiro atoms. The molecule has 0 aliphatic carbocycles. The highest BCUT2D eigenvalue weighted by molar-refractivity contribution is 5.63. The fourth-order valence-corrected chi connectivity index (χ4v) is 2.51. The van der Waals surface area contributed by atoms with Crippen molar-refractivity contribution in [2.24, 2.45) is 0 Å². The van der Waals surface area contributed by atoms with Gasteiger partial charge >= 0.3 is 0 Å². The third-order valence-corrected chi connectivity index (χ3v) is 3.59. The van der Waals surface area contributed by atoms with Crippen LogP contribution in [-0.4, -0.2) is 34.0 Å². The third-order valence-electron chi connectivity index (χ3n) is 3.59. The summed E-state index contributed by atoms with van der Waals surface area (Å²) in [6.07, 6.45) is 1.76. The van der Waals surface area contributed by atoms with Crippen LogP contribution in [0.3, 0.4) is 0 Å². The van der Waals surface area contributed by atoms with Crippen molar-refractivity contribution in [3.05, 3.63) is 47.9 Å². The van der Waals surface area contributed by atoms with Crippen molar-refractivity contribution in [3.63, 3.8) is 0 Å². The minimum Gasteiger partial charge on any atom is -0.494 e. The second-order valence-corrected chi connectivity index (χ2v) is 5.14. The molecule has 6 heteroatoms. The highest BCUT2D eigenvalue weighted by Gasteiger charge is 2.20. The van der Waals surface area contributed by atoms with Crippen LogP contribution >= 0.6 is 0 Å². The van der Waals surface area contributed by atoms with Crippen molar-refractivity contribution in [2.75, 3.05) is 14.2 Å². The number of para-hydroxylation sites is 1. The molecular formula is C17H18N4O2. The molecule has 2 aromatic heterocycles. The average Bonchev–Trinajstić information content (AvgIpc) is 2.95. The van der Waals surface area contributed by atoms with E-state index in [0.29, 0.717) is 17.3 Å². The summed E-state index contributed by atoms with van der Waals surface area (Å²) < 4.78 is 12.9. The molecule has 0 N–H and O–H groups in total. The lowest BCUT2D eigenvalue weighted by Crippen LogP contribution is -2.05. The highest BCUT2D eigenvalue weighted by Crippen LogP contribution is 2.35. The topological polar surface area (TPSA) is 62.1 Å². The number of hydrogen-bond donors (Lipinski definition) is 0. The quantitative estimate of drug-likeness (QED) is 0.741. The molecule has 0 saturated heterocycles. The molecule has 0 radical (unpaired) electrons. The molecule has 0 unspecified atom stereocenters. The van der Waals surface area contributed by atoms with E-state index in [4.69, 9.17) is 9.47 Å². The molecule has 0 fully saturated rings. The Morgan fingerprint density at radius 2 is 1.65 bits per heavy atom. The van der Waals surface area contributed by atoms with Crippen molar-refractivity contribution in [3.8, 4) is 28.7 Å². The van der Waals surface area contributed by atoms with Gasteiger partial charge in [-0.05, 0) is 43.7 Å². The summed E-state index contributed by atoms with van der Waals surface area (Å²) in [5.41, 5.74) is 2.62. The van der Waals surface area contributed by atoms with Crippen LogP contribution in [0.15, 0.2) is 36.5 Å². The van der Waals surface area contributed by atoms with Gasteiger partial charge in [-0.15, -0.1) is 10.2 Å². The number of nitrogens with zero attached hydrogens (tertiary/aromatic N) is 4. The maximum absolute atomic E-state index is 5.50. The number of rotatable bonds is 4. The molecular weight excluding hydrogens is 292 g/mol. The minimum absolute atomic E-state index is 0.647. The Hall–Kier alpha value is -2.89.